The van der Waals surface area contributed by atoms with Crippen LogP contribution in [0.5, 0.6) is 0 Å². The fourth-order valence-corrected chi connectivity index (χ4v) is 3.49. The summed E-state index contributed by atoms with van der Waals surface area (Å²) in [5.74, 6) is 1.39. The van der Waals surface area contributed by atoms with E-state index >= 15 is 0 Å². The average molecular weight is 365 g/mol. The number of rotatable bonds is 5. The largest absolute Gasteiger partial charge is 0.360 e. The predicted octanol–water partition coefficient (Wildman–Crippen LogP) is 3.58. The Labute approximate surface area is 143 Å². The van der Waals surface area contributed by atoms with E-state index in [0.29, 0.717) is 17.3 Å². The van der Waals surface area contributed by atoms with E-state index in [2.05, 4.69) is 20.2 Å². The van der Waals surface area contributed by atoms with E-state index in [0.717, 1.165) is 0 Å². The van der Waals surface area contributed by atoms with Gasteiger partial charge in [0, 0.05) is 6.07 Å². The van der Waals surface area contributed by atoms with Gasteiger partial charge in [-0.05, 0) is 31.2 Å². The van der Waals surface area contributed by atoms with Gasteiger partial charge in [0.15, 0.2) is 5.82 Å². The van der Waals surface area contributed by atoms with Gasteiger partial charge in [-0.3, -0.25) is 4.72 Å². The van der Waals surface area contributed by atoms with Crippen LogP contribution in [0.2, 0.25) is 5.02 Å². The molecule has 0 saturated heterocycles. The van der Waals surface area contributed by atoms with Gasteiger partial charge in [-0.15, -0.1) is 0 Å². The first kappa shape index (κ1) is 16.3. The minimum Gasteiger partial charge on any atom is -0.360 e. The molecule has 0 aliphatic rings. The SMILES string of the molecule is Cc1cc(Nc2ccc(NS(=O)(=O)c3ccccc3Cl)nc2)no1. The Hall–Kier alpha value is -2.58. The Kier molecular flexibility index (Phi) is 4.41. The molecule has 124 valence electrons. The van der Waals surface area contributed by atoms with Gasteiger partial charge in [0.1, 0.15) is 16.5 Å². The Morgan fingerprint density at radius 3 is 2.54 bits per heavy atom. The van der Waals surface area contributed by atoms with Crippen LogP contribution in [-0.2, 0) is 10.0 Å². The summed E-state index contributed by atoms with van der Waals surface area (Å²) in [5.41, 5.74) is 0.643. The number of hydrogen-bond acceptors (Lipinski definition) is 6. The van der Waals surface area contributed by atoms with Gasteiger partial charge in [0.2, 0.25) is 0 Å². The molecule has 0 atom stereocenters. The number of anilines is 3. The fourth-order valence-electron chi connectivity index (χ4n) is 1.96. The number of nitrogens with zero attached hydrogens (tertiary/aromatic N) is 2. The topological polar surface area (TPSA) is 97.1 Å². The molecule has 3 rings (SSSR count). The summed E-state index contributed by atoms with van der Waals surface area (Å²) < 4.78 is 32.0. The number of hydrogen-bond donors (Lipinski definition) is 2. The van der Waals surface area contributed by atoms with Crippen LogP contribution >= 0.6 is 11.6 Å². The van der Waals surface area contributed by atoms with E-state index in [9.17, 15) is 8.42 Å². The van der Waals surface area contributed by atoms with Crippen LogP contribution in [0.4, 0.5) is 17.3 Å². The van der Waals surface area contributed by atoms with Crippen LogP contribution in [0.1, 0.15) is 5.76 Å². The minimum absolute atomic E-state index is 0.00580. The minimum atomic E-state index is -3.80. The van der Waals surface area contributed by atoms with Crippen molar-refractivity contribution in [3.05, 3.63) is 59.4 Å². The lowest BCUT2D eigenvalue weighted by Crippen LogP contribution is -2.14. The van der Waals surface area contributed by atoms with Crippen molar-refractivity contribution in [2.75, 3.05) is 10.0 Å². The van der Waals surface area contributed by atoms with E-state index in [1.807, 2.05) is 0 Å². The number of aryl methyl sites for hydroxylation is 1. The Balaban J connectivity index is 1.75. The van der Waals surface area contributed by atoms with Crippen LogP contribution in [0.25, 0.3) is 0 Å². The summed E-state index contributed by atoms with van der Waals surface area (Å²) >= 11 is 5.93. The zero-order valence-electron chi connectivity index (χ0n) is 12.5. The summed E-state index contributed by atoms with van der Waals surface area (Å²) in [6.07, 6.45) is 1.48. The predicted molar refractivity (Wildman–Crippen MR) is 91.0 cm³/mol. The Morgan fingerprint density at radius 1 is 1.12 bits per heavy atom. The van der Waals surface area contributed by atoms with E-state index in [-0.39, 0.29) is 15.7 Å². The number of nitrogens with one attached hydrogen (secondary N) is 2. The third-order valence-corrected chi connectivity index (χ3v) is 4.88. The molecule has 0 fully saturated rings. The van der Waals surface area contributed by atoms with Crippen molar-refractivity contribution in [2.24, 2.45) is 0 Å². The lowest BCUT2D eigenvalue weighted by molar-refractivity contribution is 0.400. The van der Waals surface area contributed by atoms with Crippen LogP contribution < -0.4 is 10.0 Å². The standard InChI is InChI=1S/C15H13ClN4O3S/c1-10-8-15(19-23-10)18-11-6-7-14(17-9-11)20-24(21,22)13-5-3-2-4-12(13)16/h2-9H,1H3,(H,17,20)(H,18,19). The van der Waals surface area contributed by atoms with Gasteiger partial charge in [-0.25, -0.2) is 13.4 Å². The molecule has 0 amide bonds. The van der Waals surface area contributed by atoms with Crippen molar-refractivity contribution in [2.45, 2.75) is 11.8 Å². The zero-order valence-corrected chi connectivity index (χ0v) is 14.1. The van der Waals surface area contributed by atoms with Crippen molar-refractivity contribution in [1.82, 2.24) is 10.1 Å². The van der Waals surface area contributed by atoms with Gasteiger partial charge >= 0.3 is 0 Å². The second kappa shape index (κ2) is 6.50. The van der Waals surface area contributed by atoms with Gasteiger partial charge in [-0.1, -0.05) is 28.9 Å². The van der Waals surface area contributed by atoms with Crippen molar-refractivity contribution < 1.29 is 12.9 Å². The molecule has 0 spiro atoms. The number of halogens is 1. The molecule has 9 heteroatoms. The maximum absolute atomic E-state index is 12.3. The lowest BCUT2D eigenvalue weighted by Gasteiger charge is -2.09. The van der Waals surface area contributed by atoms with Crippen molar-refractivity contribution in [3.8, 4) is 0 Å². The first-order valence-corrected chi connectivity index (χ1v) is 8.74. The fraction of sp³-hybridized carbons (Fsp3) is 0.0667. The smallest absolute Gasteiger partial charge is 0.264 e. The highest BCUT2D eigenvalue weighted by Gasteiger charge is 2.17. The Bertz CT molecular complexity index is 955. The number of aromatic nitrogens is 2. The maximum Gasteiger partial charge on any atom is 0.264 e. The third kappa shape index (κ3) is 3.66. The summed E-state index contributed by atoms with van der Waals surface area (Å²) in [7, 11) is -3.80. The lowest BCUT2D eigenvalue weighted by atomic mass is 10.4. The monoisotopic (exact) mass is 364 g/mol. The molecule has 24 heavy (non-hydrogen) atoms. The first-order valence-electron chi connectivity index (χ1n) is 6.88. The second-order valence-electron chi connectivity index (χ2n) is 4.92. The molecule has 2 N–H and O–H groups in total. The van der Waals surface area contributed by atoms with Gasteiger partial charge < -0.3 is 9.84 Å². The van der Waals surface area contributed by atoms with Crippen molar-refractivity contribution >= 4 is 38.9 Å². The quantitative estimate of drug-likeness (QED) is 0.718. The molecule has 3 aromatic rings. The van der Waals surface area contributed by atoms with E-state index in [1.54, 1.807) is 31.2 Å². The highest BCUT2D eigenvalue weighted by Crippen LogP contribution is 2.23. The number of sulfonamides is 1. The third-order valence-electron chi connectivity index (χ3n) is 3.03. The number of pyridine rings is 1. The Morgan fingerprint density at radius 2 is 1.92 bits per heavy atom. The van der Waals surface area contributed by atoms with E-state index in [1.165, 1.54) is 24.4 Å². The summed E-state index contributed by atoms with van der Waals surface area (Å²) in [5, 5.41) is 6.94. The molecule has 0 aliphatic carbocycles. The molecule has 1 aromatic carbocycles. The highest BCUT2D eigenvalue weighted by molar-refractivity contribution is 7.92. The summed E-state index contributed by atoms with van der Waals surface area (Å²) in [4.78, 5) is 4.06. The normalized spacial score (nSPS) is 11.2. The zero-order chi connectivity index (χ0) is 17.2. The summed E-state index contributed by atoms with van der Waals surface area (Å²) in [6, 6.07) is 11.1. The van der Waals surface area contributed by atoms with Crippen LogP contribution in [0, 0.1) is 6.92 Å². The molecule has 0 bridgehead atoms. The molecule has 0 radical (unpaired) electrons. The number of benzene rings is 1. The molecule has 0 saturated carbocycles. The molecule has 7 nitrogen and oxygen atoms in total. The molecular formula is C15H13ClN4O3S. The maximum atomic E-state index is 12.3. The van der Waals surface area contributed by atoms with Crippen LogP contribution in [0.15, 0.2) is 58.1 Å². The molecular weight excluding hydrogens is 352 g/mol. The van der Waals surface area contributed by atoms with E-state index in [4.69, 9.17) is 16.1 Å². The highest BCUT2D eigenvalue weighted by atomic mass is 35.5. The van der Waals surface area contributed by atoms with Gasteiger partial charge in [-0.2, -0.15) is 0 Å². The van der Waals surface area contributed by atoms with Crippen LogP contribution in [0.3, 0.4) is 0 Å². The molecule has 0 unspecified atom stereocenters. The van der Waals surface area contributed by atoms with Crippen molar-refractivity contribution in [3.63, 3.8) is 0 Å². The molecule has 2 heterocycles. The van der Waals surface area contributed by atoms with Crippen molar-refractivity contribution in [1.29, 1.82) is 0 Å². The van der Waals surface area contributed by atoms with Crippen LogP contribution in [-0.4, -0.2) is 18.6 Å². The van der Waals surface area contributed by atoms with Gasteiger partial charge in [0.05, 0.1) is 16.9 Å². The average Bonchev–Trinajstić information content (AvgIpc) is 2.94. The molecule has 0 aliphatic heterocycles. The molecule has 2 aromatic heterocycles. The van der Waals surface area contributed by atoms with Gasteiger partial charge in [0.25, 0.3) is 10.0 Å². The van der Waals surface area contributed by atoms with E-state index < -0.39 is 10.0 Å². The summed E-state index contributed by atoms with van der Waals surface area (Å²) in [6.45, 7) is 1.78. The second-order valence-corrected chi connectivity index (χ2v) is 6.97. The first-order chi connectivity index (χ1) is 11.4.